The molecular weight excluding hydrogens is 344 g/mol. The smallest absolute Gasteiger partial charge is 0.261 e. The monoisotopic (exact) mass is 380 g/mol. The van der Waals surface area contributed by atoms with Gasteiger partial charge in [0.15, 0.2) is 0 Å². The van der Waals surface area contributed by atoms with Gasteiger partial charge in [-0.25, -0.2) is 0 Å². The lowest BCUT2D eigenvalue weighted by atomic mass is 10.1. The van der Waals surface area contributed by atoms with Crippen LogP contribution in [-0.4, -0.2) is 14.9 Å². The van der Waals surface area contributed by atoms with Gasteiger partial charge in [-0.2, -0.15) is 0 Å². The lowest BCUT2D eigenvalue weighted by Crippen LogP contribution is -2.66. The van der Waals surface area contributed by atoms with E-state index in [4.69, 9.17) is 4.43 Å². The average Bonchev–Trinajstić information content (AvgIpc) is 2.64. The summed E-state index contributed by atoms with van der Waals surface area (Å²) in [5, 5.41) is 2.80. The van der Waals surface area contributed by atoms with Gasteiger partial charge < -0.3 is 4.43 Å². The highest BCUT2D eigenvalue weighted by Crippen LogP contribution is 2.36. The summed E-state index contributed by atoms with van der Waals surface area (Å²) < 4.78 is 6.92. The summed E-state index contributed by atoms with van der Waals surface area (Å²) in [5.41, 5.74) is 1.29. The molecule has 0 saturated carbocycles. The third-order valence-corrected chi connectivity index (χ3v) is 10.3. The Kier molecular flexibility index (Phi) is 8.06. The van der Waals surface area contributed by atoms with E-state index < -0.39 is 8.32 Å². The molecule has 0 aliphatic rings. The molecule has 0 bridgehead atoms. The van der Waals surface area contributed by atoms with E-state index in [1.807, 2.05) is 0 Å². The van der Waals surface area contributed by atoms with Gasteiger partial charge in [-0.1, -0.05) is 99.8 Å². The maximum Gasteiger partial charge on any atom is 0.261 e. The molecule has 0 spiro atoms. The van der Waals surface area contributed by atoms with Crippen LogP contribution in [0.3, 0.4) is 0 Å². The normalized spacial score (nSPS) is 12.1. The van der Waals surface area contributed by atoms with E-state index in [0.29, 0.717) is 0 Å². The summed E-state index contributed by atoms with van der Waals surface area (Å²) in [6.07, 6.45) is 6.01. The summed E-state index contributed by atoms with van der Waals surface area (Å²) in [6.45, 7) is 14.0. The lowest BCUT2D eigenvalue weighted by molar-refractivity contribution is 0.286. The van der Waals surface area contributed by atoms with Crippen molar-refractivity contribution >= 4 is 18.7 Å². The first kappa shape index (κ1) is 21.7. The van der Waals surface area contributed by atoms with E-state index in [0.717, 1.165) is 19.4 Å². The van der Waals surface area contributed by atoms with Gasteiger partial charge in [-0.3, -0.25) is 0 Å². The average molecular weight is 381 g/mol. The molecule has 2 aromatic rings. The minimum atomic E-state index is -2.35. The molecule has 27 heavy (non-hydrogen) atoms. The van der Waals surface area contributed by atoms with E-state index in [1.54, 1.807) is 0 Å². The van der Waals surface area contributed by atoms with Crippen LogP contribution < -0.4 is 10.4 Å². The Morgan fingerprint density at radius 1 is 0.815 bits per heavy atom. The van der Waals surface area contributed by atoms with E-state index in [1.165, 1.54) is 35.2 Å². The van der Waals surface area contributed by atoms with Crippen LogP contribution in [-0.2, 0) is 4.43 Å². The van der Waals surface area contributed by atoms with Gasteiger partial charge in [-0.15, -0.1) is 6.58 Å². The van der Waals surface area contributed by atoms with Crippen molar-refractivity contribution in [3.63, 3.8) is 0 Å². The molecule has 0 N–H and O–H groups in total. The number of benzene rings is 2. The molecule has 0 fully saturated rings. The number of hydrogen-bond acceptors (Lipinski definition) is 1. The largest absolute Gasteiger partial charge is 0.407 e. The SMILES string of the molecule is C=C(C)CCCCCCO[Si](c1ccccc1)(c1ccccc1)C(C)(C)C. The second-order valence-electron chi connectivity index (χ2n) is 8.63. The molecule has 0 saturated heterocycles. The molecule has 0 aliphatic carbocycles. The zero-order valence-electron chi connectivity index (χ0n) is 17.6. The molecule has 2 aromatic carbocycles. The Morgan fingerprint density at radius 2 is 1.30 bits per heavy atom. The van der Waals surface area contributed by atoms with Gasteiger partial charge in [-0.05, 0) is 41.6 Å². The maximum atomic E-state index is 6.92. The Bertz CT molecular complexity index is 646. The van der Waals surface area contributed by atoms with Crippen molar-refractivity contribution in [2.75, 3.05) is 6.61 Å². The Balaban J connectivity index is 2.19. The fraction of sp³-hybridized carbons (Fsp3) is 0.440. The van der Waals surface area contributed by atoms with E-state index in [9.17, 15) is 0 Å². The zero-order chi connectivity index (χ0) is 19.8. The third kappa shape index (κ3) is 5.67. The summed E-state index contributed by atoms with van der Waals surface area (Å²) in [7, 11) is -2.35. The molecular formula is C25H36OSi. The first-order valence-corrected chi connectivity index (χ1v) is 12.2. The third-order valence-electron chi connectivity index (χ3n) is 5.23. The van der Waals surface area contributed by atoms with Crippen molar-refractivity contribution in [2.24, 2.45) is 0 Å². The van der Waals surface area contributed by atoms with Crippen LogP contribution in [0.25, 0.3) is 0 Å². The van der Waals surface area contributed by atoms with Crippen LogP contribution in [0, 0.1) is 0 Å². The van der Waals surface area contributed by atoms with Crippen LogP contribution in [0.5, 0.6) is 0 Å². The molecule has 0 aromatic heterocycles. The standard InChI is InChI=1S/C25H36OSi/c1-22(2)16-10-6-7-15-21-26-27(25(3,4)5,23-17-11-8-12-18-23)24-19-13-9-14-20-24/h8-9,11-14,17-20H,1,6-7,10,15-16,21H2,2-5H3. The highest BCUT2D eigenvalue weighted by molar-refractivity contribution is 6.99. The van der Waals surface area contributed by atoms with Crippen LogP contribution in [0.15, 0.2) is 72.8 Å². The maximum absolute atomic E-state index is 6.92. The van der Waals surface area contributed by atoms with Gasteiger partial charge in [0, 0.05) is 6.61 Å². The summed E-state index contributed by atoms with van der Waals surface area (Å²) in [5.74, 6) is 0. The predicted molar refractivity (Wildman–Crippen MR) is 121 cm³/mol. The topological polar surface area (TPSA) is 9.23 Å². The first-order valence-electron chi connectivity index (χ1n) is 10.3. The van der Waals surface area contributed by atoms with E-state index >= 15 is 0 Å². The van der Waals surface area contributed by atoms with Crippen molar-refractivity contribution in [3.8, 4) is 0 Å². The molecule has 1 nitrogen and oxygen atoms in total. The highest BCUT2D eigenvalue weighted by Gasteiger charge is 2.49. The Hall–Kier alpha value is -1.64. The second-order valence-corrected chi connectivity index (χ2v) is 12.9. The zero-order valence-corrected chi connectivity index (χ0v) is 18.6. The first-order chi connectivity index (χ1) is 12.9. The lowest BCUT2D eigenvalue weighted by Gasteiger charge is -2.43. The summed E-state index contributed by atoms with van der Waals surface area (Å²) in [6, 6.07) is 21.8. The van der Waals surface area contributed by atoms with Crippen LogP contribution >= 0.6 is 0 Å². The number of hydrogen-bond donors (Lipinski definition) is 0. The number of rotatable bonds is 10. The summed E-state index contributed by atoms with van der Waals surface area (Å²) in [4.78, 5) is 0. The Morgan fingerprint density at radius 3 is 1.74 bits per heavy atom. The van der Waals surface area contributed by atoms with Crippen molar-refractivity contribution in [3.05, 3.63) is 72.8 Å². The second kappa shape index (κ2) is 10.1. The number of unbranched alkanes of at least 4 members (excludes halogenated alkanes) is 3. The molecule has 0 unspecified atom stereocenters. The van der Waals surface area contributed by atoms with Crippen molar-refractivity contribution < 1.29 is 4.43 Å². The predicted octanol–water partition coefficient (Wildman–Crippen LogP) is 6.09. The van der Waals surface area contributed by atoms with Crippen LogP contribution in [0.2, 0.25) is 5.04 Å². The number of allylic oxidation sites excluding steroid dienone is 1. The Labute approximate surface area is 167 Å². The van der Waals surface area contributed by atoms with Crippen LogP contribution in [0.4, 0.5) is 0 Å². The molecule has 146 valence electrons. The quantitative estimate of drug-likeness (QED) is 0.275. The molecule has 0 atom stereocenters. The van der Waals surface area contributed by atoms with Gasteiger partial charge in [0.1, 0.15) is 0 Å². The minimum Gasteiger partial charge on any atom is -0.407 e. The summed E-state index contributed by atoms with van der Waals surface area (Å²) >= 11 is 0. The molecule has 2 heteroatoms. The van der Waals surface area contributed by atoms with Crippen molar-refractivity contribution in [1.29, 1.82) is 0 Å². The molecule has 0 amide bonds. The molecule has 0 radical (unpaired) electrons. The van der Waals surface area contributed by atoms with Gasteiger partial charge in [0.2, 0.25) is 0 Å². The van der Waals surface area contributed by atoms with Gasteiger partial charge in [0.05, 0.1) is 0 Å². The molecule has 2 rings (SSSR count). The van der Waals surface area contributed by atoms with Crippen molar-refractivity contribution in [2.45, 2.75) is 64.8 Å². The fourth-order valence-electron chi connectivity index (χ4n) is 3.87. The van der Waals surface area contributed by atoms with E-state index in [2.05, 4.69) is 94.9 Å². The molecule has 0 aliphatic heterocycles. The van der Waals surface area contributed by atoms with E-state index in [-0.39, 0.29) is 5.04 Å². The van der Waals surface area contributed by atoms with Crippen molar-refractivity contribution in [1.82, 2.24) is 0 Å². The minimum absolute atomic E-state index is 0.0651. The highest BCUT2D eigenvalue weighted by atomic mass is 28.4. The van der Waals surface area contributed by atoms with Crippen LogP contribution in [0.1, 0.15) is 59.8 Å². The fourth-order valence-corrected chi connectivity index (χ4v) is 8.48. The van der Waals surface area contributed by atoms with Gasteiger partial charge in [0.25, 0.3) is 8.32 Å². The van der Waals surface area contributed by atoms with Gasteiger partial charge >= 0.3 is 0 Å². The molecule has 0 heterocycles.